The summed E-state index contributed by atoms with van der Waals surface area (Å²) in [4.78, 5) is 25.3. The number of piperidine rings is 1. The molecule has 128 valence electrons. The monoisotopic (exact) mass is 324 g/mol. The van der Waals surface area contributed by atoms with Crippen LogP contribution in [0.15, 0.2) is 22.8 Å². The van der Waals surface area contributed by atoms with Crippen molar-refractivity contribution in [3.63, 3.8) is 0 Å². The summed E-state index contributed by atoms with van der Waals surface area (Å²) in [5.74, 6) is -0.562. The number of furan rings is 1. The van der Waals surface area contributed by atoms with E-state index in [9.17, 15) is 14.7 Å². The summed E-state index contributed by atoms with van der Waals surface area (Å²) in [6.45, 7) is 6.49. The van der Waals surface area contributed by atoms with Crippen LogP contribution in [0, 0.1) is 0 Å². The minimum atomic E-state index is -0.960. The molecular formula is C16H24N2O5. The summed E-state index contributed by atoms with van der Waals surface area (Å²) in [6.07, 6.45) is 2.57. The van der Waals surface area contributed by atoms with E-state index in [1.54, 1.807) is 32.9 Å². The maximum atomic E-state index is 11.9. The first kappa shape index (κ1) is 17.3. The fraction of sp³-hybridized carbons (Fsp3) is 0.625. The third kappa shape index (κ3) is 4.99. The van der Waals surface area contributed by atoms with E-state index >= 15 is 0 Å². The number of nitrogens with one attached hydrogen (secondary N) is 1. The van der Waals surface area contributed by atoms with Gasteiger partial charge >= 0.3 is 12.1 Å². The van der Waals surface area contributed by atoms with Crippen molar-refractivity contribution in [2.75, 3.05) is 13.1 Å². The van der Waals surface area contributed by atoms with Crippen molar-refractivity contribution in [1.82, 2.24) is 10.2 Å². The van der Waals surface area contributed by atoms with E-state index in [0.717, 1.165) is 12.8 Å². The Kier molecular flexibility index (Phi) is 5.30. The zero-order valence-electron chi connectivity index (χ0n) is 13.7. The molecule has 0 aliphatic carbocycles. The first-order valence-corrected chi connectivity index (χ1v) is 7.76. The number of rotatable bonds is 4. The number of amides is 1. The van der Waals surface area contributed by atoms with Gasteiger partial charge in [-0.3, -0.25) is 9.69 Å². The summed E-state index contributed by atoms with van der Waals surface area (Å²) in [5, 5.41) is 12.3. The molecule has 2 N–H and O–H groups in total. The number of alkyl carbamates (subject to hydrolysis) is 1. The fourth-order valence-corrected chi connectivity index (χ4v) is 2.74. The van der Waals surface area contributed by atoms with Crippen molar-refractivity contribution in [3.05, 3.63) is 24.2 Å². The Labute approximate surface area is 135 Å². The van der Waals surface area contributed by atoms with Gasteiger partial charge in [0.1, 0.15) is 11.4 Å². The highest BCUT2D eigenvalue weighted by Gasteiger charge is 2.34. The smallest absolute Gasteiger partial charge is 0.407 e. The lowest BCUT2D eigenvalue weighted by molar-refractivity contribution is -0.144. The summed E-state index contributed by atoms with van der Waals surface area (Å²) >= 11 is 0. The molecule has 7 heteroatoms. The number of nitrogens with zero attached hydrogens (tertiary/aromatic N) is 1. The van der Waals surface area contributed by atoms with E-state index in [1.165, 1.54) is 6.26 Å². The van der Waals surface area contributed by atoms with Gasteiger partial charge in [0.2, 0.25) is 0 Å². The zero-order valence-corrected chi connectivity index (χ0v) is 13.7. The number of carboxylic acids is 1. The van der Waals surface area contributed by atoms with Crippen molar-refractivity contribution in [2.24, 2.45) is 0 Å². The average Bonchev–Trinajstić information content (AvgIpc) is 2.90. The Balaban J connectivity index is 1.99. The van der Waals surface area contributed by atoms with E-state index < -0.39 is 23.7 Å². The molecule has 0 aromatic carbocycles. The number of likely N-dealkylation sites (tertiary alicyclic amines) is 1. The molecule has 0 radical (unpaired) electrons. The number of carbonyl (C=O) groups is 2. The van der Waals surface area contributed by atoms with E-state index in [1.807, 2.05) is 4.90 Å². The van der Waals surface area contributed by atoms with Crippen molar-refractivity contribution in [3.8, 4) is 0 Å². The lowest BCUT2D eigenvalue weighted by Gasteiger charge is -2.36. The third-order valence-corrected chi connectivity index (χ3v) is 3.59. The van der Waals surface area contributed by atoms with Crippen LogP contribution in [0.5, 0.6) is 0 Å². The van der Waals surface area contributed by atoms with Crippen molar-refractivity contribution >= 4 is 12.1 Å². The Morgan fingerprint density at radius 2 is 2.22 bits per heavy atom. The molecule has 1 amide bonds. The minimum Gasteiger partial charge on any atom is -0.480 e. The SMILES string of the molecule is CC(C)(C)OC(=O)NC1CCCN(C(C(=O)O)c2ccco2)C1. The Morgan fingerprint density at radius 1 is 1.48 bits per heavy atom. The highest BCUT2D eigenvalue weighted by molar-refractivity contribution is 5.74. The maximum Gasteiger partial charge on any atom is 0.407 e. The van der Waals surface area contributed by atoms with Gasteiger partial charge in [0.25, 0.3) is 0 Å². The number of hydrogen-bond acceptors (Lipinski definition) is 5. The molecule has 0 bridgehead atoms. The van der Waals surface area contributed by atoms with Crippen LogP contribution in [0.4, 0.5) is 4.79 Å². The second kappa shape index (κ2) is 7.04. The molecule has 2 atom stereocenters. The van der Waals surface area contributed by atoms with Crippen LogP contribution in [0.1, 0.15) is 45.4 Å². The molecule has 1 saturated heterocycles. The van der Waals surface area contributed by atoms with Crippen LogP contribution in [-0.4, -0.2) is 46.8 Å². The number of carboxylic acid groups (broad SMARTS) is 1. The lowest BCUT2D eigenvalue weighted by Crippen LogP contribution is -2.50. The number of carbonyl (C=O) groups excluding carboxylic acids is 1. The standard InChI is InChI=1S/C16H24N2O5/c1-16(2,3)23-15(21)17-11-6-4-8-18(10-11)13(14(19)20)12-7-5-9-22-12/h5,7,9,11,13H,4,6,8,10H2,1-3H3,(H,17,21)(H,19,20). The van der Waals surface area contributed by atoms with Gasteiger partial charge in [0.05, 0.1) is 6.26 Å². The largest absolute Gasteiger partial charge is 0.480 e. The molecular weight excluding hydrogens is 300 g/mol. The molecule has 23 heavy (non-hydrogen) atoms. The van der Waals surface area contributed by atoms with Gasteiger partial charge in [-0.25, -0.2) is 4.79 Å². The first-order chi connectivity index (χ1) is 10.8. The van der Waals surface area contributed by atoms with Crippen molar-refractivity contribution < 1.29 is 23.8 Å². The highest BCUT2D eigenvalue weighted by atomic mass is 16.6. The predicted molar refractivity (Wildman–Crippen MR) is 83.0 cm³/mol. The molecule has 1 fully saturated rings. The molecule has 1 aromatic rings. The summed E-state index contributed by atoms with van der Waals surface area (Å²) in [6, 6.07) is 2.35. The third-order valence-electron chi connectivity index (χ3n) is 3.59. The topological polar surface area (TPSA) is 92.0 Å². The van der Waals surface area contributed by atoms with Crippen LogP contribution in [0.2, 0.25) is 0 Å². The molecule has 1 aliphatic rings. The fourth-order valence-electron chi connectivity index (χ4n) is 2.74. The molecule has 1 aromatic heterocycles. The van der Waals surface area contributed by atoms with Gasteiger partial charge in [0, 0.05) is 12.6 Å². The Bertz CT molecular complexity index is 535. The van der Waals surface area contributed by atoms with Crippen LogP contribution in [0.25, 0.3) is 0 Å². The molecule has 1 aliphatic heterocycles. The zero-order chi connectivity index (χ0) is 17.0. The van der Waals surface area contributed by atoms with Gasteiger partial charge in [-0.15, -0.1) is 0 Å². The molecule has 0 saturated carbocycles. The van der Waals surface area contributed by atoms with E-state index in [-0.39, 0.29) is 6.04 Å². The molecule has 2 rings (SSSR count). The second-order valence-electron chi connectivity index (χ2n) is 6.74. The van der Waals surface area contributed by atoms with E-state index in [4.69, 9.17) is 9.15 Å². The first-order valence-electron chi connectivity index (χ1n) is 7.76. The van der Waals surface area contributed by atoms with Crippen molar-refractivity contribution in [1.29, 1.82) is 0 Å². The molecule has 2 unspecified atom stereocenters. The number of hydrogen-bond donors (Lipinski definition) is 2. The van der Waals surface area contributed by atoms with Gasteiger partial charge in [-0.05, 0) is 52.3 Å². The Morgan fingerprint density at radius 3 is 2.78 bits per heavy atom. The van der Waals surface area contributed by atoms with Gasteiger partial charge < -0.3 is 19.6 Å². The van der Waals surface area contributed by atoms with Gasteiger partial charge in [-0.1, -0.05) is 0 Å². The van der Waals surface area contributed by atoms with Gasteiger partial charge in [-0.2, -0.15) is 0 Å². The molecule has 2 heterocycles. The normalized spacial score (nSPS) is 20.7. The molecule has 0 spiro atoms. The average molecular weight is 324 g/mol. The lowest BCUT2D eigenvalue weighted by atomic mass is 10.0. The number of aliphatic carboxylic acids is 1. The highest BCUT2D eigenvalue weighted by Crippen LogP contribution is 2.25. The van der Waals surface area contributed by atoms with Crippen LogP contribution in [-0.2, 0) is 9.53 Å². The second-order valence-corrected chi connectivity index (χ2v) is 6.74. The van der Waals surface area contributed by atoms with E-state index in [2.05, 4.69) is 5.32 Å². The summed E-state index contributed by atoms with van der Waals surface area (Å²) in [5.41, 5.74) is -0.559. The molecule has 7 nitrogen and oxygen atoms in total. The minimum absolute atomic E-state index is 0.143. The van der Waals surface area contributed by atoms with Crippen molar-refractivity contribution in [2.45, 2.75) is 51.3 Å². The van der Waals surface area contributed by atoms with E-state index in [0.29, 0.717) is 18.8 Å². The number of ether oxygens (including phenoxy) is 1. The van der Waals surface area contributed by atoms with Crippen LogP contribution < -0.4 is 5.32 Å². The quantitative estimate of drug-likeness (QED) is 0.883. The van der Waals surface area contributed by atoms with Crippen LogP contribution in [0.3, 0.4) is 0 Å². The maximum absolute atomic E-state index is 11.9. The van der Waals surface area contributed by atoms with Gasteiger partial charge in [0.15, 0.2) is 6.04 Å². The predicted octanol–water partition coefficient (Wildman–Crippen LogP) is 2.39. The Hall–Kier alpha value is -2.02. The summed E-state index contributed by atoms with van der Waals surface area (Å²) < 4.78 is 10.5. The summed E-state index contributed by atoms with van der Waals surface area (Å²) in [7, 11) is 0. The van der Waals surface area contributed by atoms with Crippen LogP contribution >= 0.6 is 0 Å².